The van der Waals surface area contributed by atoms with E-state index in [4.69, 9.17) is 11.6 Å². The normalized spacial score (nSPS) is 11.6. The van der Waals surface area contributed by atoms with Crippen molar-refractivity contribution in [1.82, 2.24) is 8.96 Å². The van der Waals surface area contributed by atoms with Crippen molar-refractivity contribution in [1.29, 1.82) is 0 Å². The largest absolute Gasteiger partial charge is 0.237 e. The molecule has 0 aliphatic heterocycles. The van der Waals surface area contributed by atoms with Crippen molar-refractivity contribution >= 4 is 21.6 Å². The van der Waals surface area contributed by atoms with Crippen LogP contribution in [0.3, 0.4) is 0 Å². The van der Waals surface area contributed by atoms with Crippen LogP contribution >= 0.6 is 11.6 Å². The first-order valence-electron chi connectivity index (χ1n) is 4.48. The van der Waals surface area contributed by atoms with Gasteiger partial charge in [0, 0.05) is 23.0 Å². The first kappa shape index (κ1) is 11.2. The van der Waals surface area contributed by atoms with Gasteiger partial charge in [0.2, 0.25) is 10.0 Å². The van der Waals surface area contributed by atoms with Crippen LogP contribution in [0, 0.1) is 0 Å². The van der Waals surface area contributed by atoms with Crippen molar-refractivity contribution < 1.29 is 8.42 Å². The van der Waals surface area contributed by atoms with Gasteiger partial charge in [0.1, 0.15) is 0 Å². The molecule has 0 unspecified atom stereocenters. The molecule has 0 N–H and O–H groups in total. The van der Waals surface area contributed by atoms with Crippen molar-refractivity contribution in [3.63, 3.8) is 0 Å². The van der Waals surface area contributed by atoms with E-state index in [0.717, 1.165) is 10.2 Å². The lowest BCUT2D eigenvalue weighted by atomic mass is 10.2. The Kier molecular flexibility index (Phi) is 2.73. The smallest absolute Gasteiger partial charge is 0.236 e. The summed E-state index contributed by atoms with van der Waals surface area (Å²) in [5.41, 5.74) is 0.669. The second-order valence-corrected chi connectivity index (χ2v) is 5.62. The van der Waals surface area contributed by atoms with Gasteiger partial charge in [-0.2, -0.15) is 0 Å². The monoisotopic (exact) mass is 256 g/mol. The van der Waals surface area contributed by atoms with Crippen LogP contribution in [-0.4, -0.2) is 23.6 Å². The Morgan fingerprint density at radius 3 is 2.75 bits per heavy atom. The van der Waals surface area contributed by atoms with Crippen LogP contribution in [0.15, 0.2) is 36.7 Å². The number of hydrogen-bond donors (Lipinski definition) is 0. The third kappa shape index (κ3) is 2.10. The summed E-state index contributed by atoms with van der Waals surface area (Å²) in [6.07, 6.45) is 3.98. The van der Waals surface area contributed by atoms with Gasteiger partial charge >= 0.3 is 0 Å². The maximum Gasteiger partial charge on any atom is 0.237 e. The molecular formula is C10H9ClN2O2S. The summed E-state index contributed by atoms with van der Waals surface area (Å²) in [4.78, 5) is 4.02. The molecule has 0 saturated heterocycles. The Labute approximate surface area is 98.6 Å². The van der Waals surface area contributed by atoms with Crippen LogP contribution in [0.25, 0.3) is 11.4 Å². The number of benzene rings is 1. The van der Waals surface area contributed by atoms with Gasteiger partial charge in [-0.3, -0.25) is 0 Å². The second-order valence-electron chi connectivity index (χ2n) is 3.32. The summed E-state index contributed by atoms with van der Waals surface area (Å²) < 4.78 is 24.0. The summed E-state index contributed by atoms with van der Waals surface area (Å²) in [6.45, 7) is 0. The zero-order chi connectivity index (χ0) is 11.8. The lowest BCUT2D eigenvalue weighted by molar-refractivity contribution is 0.594. The Hall–Kier alpha value is -1.33. The van der Waals surface area contributed by atoms with E-state index in [9.17, 15) is 8.42 Å². The van der Waals surface area contributed by atoms with Gasteiger partial charge in [-0.05, 0) is 12.1 Å². The highest BCUT2D eigenvalue weighted by Crippen LogP contribution is 2.21. The Morgan fingerprint density at radius 1 is 1.38 bits per heavy atom. The Balaban J connectivity index is 2.62. The van der Waals surface area contributed by atoms with Crippen LogP contribution in [0.1, 0.15) is 0 Å². The predicted octanol–water partition coefficient (Wildman–Crippen LogP) is 2.01. The summed E-state index contributed by atoms with van der Waals surface area (Å²) >= 11 is 5.84. The lowest BCUT2D eigenvalue weighted by Gasteiger charge is -2.05. The molecule has 2 rings (SSSR count). The summed E-state index contributed by atoms with van der Waals surface area (Å²) in [5.74, 6) is 0.366. The first-order valence-corrected chi connectivity index (χ1v) is 6.71. The fourth-order valence-electron chi connectivity index (χ4n) is 1.39. The molecule has 0 radical (unpaired) electrons. The first-order chi connectivity index (χ1) is 7.48. The van der Waals surface area contributed by atoms with Crippen LogP contribution in [0.4, 0.5) is 0 Å². The van der Waals surface area contributed by atoms with Crippen molar-refractivity contribution in [2.24, 2.45) is 0 Å². The highest BCUT2D eigenvalue weighted by atomic mass is 35.5. The average Bonchev–Trinajstić information content (AvgIpc) is 2.65. The Bertz CT molecular complexity index is 619. The number of nitrogens with zero attached hydrogens (tertiary/aromatic N) is 2. The molecule has 6 heteroatoms. The third-order valence-corrected chi connectivity index (χ3v) is 3.29. The molecule has 0 aliphatic carbocycles. The van der Waals surface area contributed by atoms with E-state index in [-0.39, 0.29) is 0 Å². The Morgan fingerprint density at radius 2 is 2.12 bits per heavy atom. The van der Waals surface area contributed by atoms with E-state index in [1.165, 1.54) is 12.4 Å². The summed E-state index contributed by atoms with van der Waals surface area (Å²) in [6, 6.07) is 6.90. The number of aromatic nitrogens is 2. The number of halogens is 1. The van der Waals surface area contributed by atoms with Crippen molar-refractivity contribution in [3.8, 4) is 11.4 Å². The molecule has 4 nitrogen and oxygen atoms in total. The molecule has 0 amide bonds. The molecule has 1 aromatic heterocycles. The number of rotatable bonds is 2. The molecule has 84 valence electrons. The van der Waals surface area contributed by atoms with Gasteiger partial charge in [-0.1, -0.05) is 23.7 Å². The van der Waals surface area contributed by atoms with Crippen LogP contribution in [0.5, 0.6) is 0 Å². The molecule has 0 aliphatic rings. The summed E-state index contributed by atoms with van der Waals surface area (Å²) in [7, 11) is -3.34. The van der Waals surface area contributed by atoms with Gasteiger partial charge in [-0.15, -0.1) is 0 Å². The number of imidazole rings is 1. The fraction of sp³-hybridized carbons (Fsp3) is 0.100. The van der Waals surface area contributed by atoms with E-state index in [0.29, 0.717) is 16.4 Å². The van der Waals surface area contributed by atoms with E-state index in [2.05, 4.69) is 4.98 Å². The minimum absolute atomic E-state index is 0.366. The van der Waals surface area contributed by atoms with Gasteiger partial charge in [-0.25, -0.2) is 17.4 Å². The topological polar surface area (TPSA) is 52.0 Å². The molecule has 0 spiro atoms. The van der Waals surface area contributed by atoms with Gasteiger partial charge < -0.3 is 0 Å². The molecule has 0 bridgehead atoms. The highest BCUT2D eigenvalue weighted by Gasteiger charge is 2.13. The quantitative estimate of drug-likeness (QED) is 0.826. The van der Waals surface area contributed by atoms with E-state index in [1.54, 1.807) is 24.3 Å². The van der Waals surface area contributed by atoms with Crippen molar-refractivity contribution in [3.05, 3.63) is 41.7 Å². The zero-order valence-electron chi connectivity index (χ0n) is 8.46. The van der Waals surface area contributed by atoms with E-state index >= 15 is 0 Å². The van der Waals surface area contributed by atoms with E-state index in [1.807, 2.05) is 0 Å². The maximum atomic E-state index is 11.5. The zero-order valence-corrected chi connectivity index (χ0v) is 10.0. The lowest BCUT2D eigenvalue weighted by Crippen LogP contribution is -2.10. The van der Waals surface area contributed by atoms with Gasteiger partial charge in [0.15, 0.2) is 5.82 Å². The van der Waals surface area contributed by atoms with Crippen LogP contribution in [0.2, 0.25) is 5.02 Å². The van der Waals surface area contributed by atoms with E-state index < -0.39 is 10.0 Å². The predicted molar refractivity (Wildman–Crippen MR) is 62.9 cm³/mol. The highest BCUT2D eigenvalue weighted by molar-refractivity contribution is 7.89. The number of hydrogen-bond acceptors (Lipinski definition) is 3. The second kappa shape index (κ2) is 3.92. The van der Waals surface area contributed by atoms with Crippen molar-refractivity contribution in [2.75, 3.05) is 6.26 Å². The van der Waals surface area contributed by atoms with Crippen molar-refractivity contribution in [2.45, 2.75) is 0 Å². The van der Waals surface area contributed by atoms with Crippen LogP contribution < -0.4 is 0 Å². The fourth-order valence-corrected chi connectivity index (χ4v) is 2.32. The minimum Gasteiger partial charge on any atom is -0.236 e. The SMILES string of the molecule is CS(=O)(=O)n1ccnc1-c1cccc(Cl)c1. The maximum absolute atomic E-state index is 11.5. The molecule has 16 heavy (non-hydrogen) atoms. The standard InChI is InChI=1S/C10H9ClN2O2S/c1-16(14,15)13-6-5-12-10(13)8-3-2-4-9(11)7-8/h2-7H,1H3. The third-order valence-electron chi connectivity index (χ3n) is 2.05. The molecule has 2 aromatic rings. The van der Waals surface area contributed by atoms with Crippen LogP contribution in [-0.2, 0) is 10.0 Å². The summed E-state index contributed by atoms with van der Waals surface area (Å²) in [5, 5.41) is 0.542. The molecular weight excluding hydrogens is 248 g/mol. The minimum atomic E-state index is -3.34. The molecule has 0 fully saturated rings. The molecule has 1 aromatic carbocycles. The van der Waals surface area contributed by atoms with Gasteiger partial charge in [0.05, 0.1) is 6.26 Å². The molecule has 0 saturated carbocycles. The average molecular weight is 257 g/mol. The molecule has 1 heterocycles. The van der Waals surface area contributed by atoms with Gasteiger partial charge in [0.25, 0.3) is 0 Å². The molecule has 0 atom stereocenters.